The van der Waals surface area contributed by atoms with E-state index in [1.165, 1.54) is 38.5 Å². The lowest BCUT2D eigenvalue weighted by atomic mass is 9.93. The molecule has 2 nitrogen and oxygen atoms in total. The van der Waals surface area contributed by atoms with E-state index in [9.17, 15) is 0 Å². The van der Waals surface area contributed by atoms with Gasteiger partial charge < -0.3 is 5.32 Å². The van der Waals surface area contributed by atoms with Gasteiger partial charge in [-0.15, -0.1) is 0 Å². The summed E-state index contributed by atoms with van der Waals surface area (Å²) >= 11 is 6.12. The van der Waals surface area contributed by atoms with Crippen molar-refractivity contribution >= 4 is 11.6 Å². The van der Waals surface area contributed by atoms with Crippen LogP contribution in [0.3, 0.4) is 0 Å². The van der Waals surface area contributed by atoms with E-state index < -0.39 is 0 Å². The second-order valence-corrected chi connectivity index (χ2v) is 5.80. The fourth-order valence-corrected chi connectivity index (χ4v) is 2.98. The van der Waals surface area contributed by atoms with Gasteiger partial charge in [0.05, 0.1) is 5.02 Å². The van der Waals surface area contributed by atoms with Gasteiger partial charge in [-0.25, -0.2) is 0 Å². The second kappa shape index (κ2) is 7.10. The van der Waals surface area contributed by atoms with Crippen LogP contribution in [-0.2, 0) is 6.54 Å². The van der Waals surface area contributed by atoms with Gasteiger partial charge in [-0.05, 0) is 37.3 Å². The molecule has 1 heterocycles. The average Bonchev–Trinajstić information content (AvgIpc) is 2.66. The Morgan fingerprint density at radius 2 is 2.06 bits per heavy atom. The number of hydrogen-bond acceptors (Lipinski definition) is 2. The topological polar surface area (TPSA) is 24.9 Å². The first-order valence-corrected chi connectivity index (χ1v) is 7.47. The molecule has 0 aliphatic heterocycles. The van der Waals surface area contributed by atoms with Crippen LogP contribution in [0, 0.1) is 5.92 Å². The van der Waals surface area contributed by atoms with Crippen molar-refractivity contribution in [1.29, 1.82) is 0 Å². The molecular weight excluding hydrogens is 244 g/mol. The Kier molecular flexibility index (Phi) is 5.45. The lowest BCUT2D eigenvalue weighted by molar-refractivity contribution is 0.336. The van der Waals surface area contributed by atoms with Crippen LogP contribution >= 0.6 is 11.6 Å². The molecule has 1 aromatic heterocycles. The van der Waals surface area contributed by atoms with Gasteiger partial charge in [-0.1, -0.05) is 37.3 Å². The highest BCUT2D eigenvalue weighted by Gasteiger charge is 2.18. The van der Waals surface area contributed by atoms with Crippen LogP contribution in [0.25, 0.3) is 0 Å². The highest BCUT2D eigenvalue weighted by atomic mass is 35.5. The van der Waals surface area contributed by atoms with Gasteiger partial charge in [0, 0.05) is 25.0 Å². The van der Waals surface area contributed by atoms with Crippen molar-refractivity contribution in [3.05, 3.63) is 29.0 Å². The summed E-state index contributed by atoms with van der Waals surface area (Å²) in [4.78, 5) is 4.01. The normalized spacial score (nSPS) is 19.4. The number of pyridine rings is 1. The minimum absolute atomic E-state index is 0.576. The van der Waals surface area contributed by atoms with Gasteiger partial charge in [-0.3, -0.25) is 4.98 Å². The van der Waals surface area contributed by atoms with Crippen molar-refractivity contribution in [2.45, 2.75) is 58.0 Å². The van der Waals surface area contributed by atoms with Crippen molar-refractivity contribution < 1.29 is 0 Å². The maximum Gasteiger partial charge on any atom is 0.0634 e. The maximum atomic E-state index is 6.12. The average molecular weight is 267 g/mol. The molecular formula is C15H23ClN2. The van der Waals surface area contributed by atoms with Gasteiger partial charge >= 0.3 is 0 Å². The highest BCUT2D eigenvalue weighted by Crippen LogP contribution is 2.25. The summed E-state index contributed by atoms with van der Waals surface area (Å²) in [5.74, 6) is 0.827. The van der Waals surface area contributed by atoms with E-state index in [1.807, 2.05) is 6.07 Å². The van der Waals surface area contributed by atoms with Crippen LogP contribution in [0.15, 0.2) is 18.5 Å². The van der Waals surface area contributed by atoms with Crippen LogP contribution in [0.2, 0.25) is 5.02 Å². The van der Waals surface area contributed by atoms with Gasteiger partial charge in [0.25, 0.3) is 0 Å². The van der Waals surface area contributed by atoms with Crippen LogP contribution < -0.4 is 5.32 Å². The minimum atomic E-state index is 0.576. The summed E-state index contributed by atoms with van der Waals surface area (Å²) in [6, 6.07) is 2.57. The van der Waals surface area contributed by atoms with Crippen molar-refractivity contribution in [3.8, 4) is 0 Å². The Hall–Kier alpha value is -0.600. The third kappa shape index (κ3) is 3.96. The van der Waals surface area contributed by atoms with Crippen molar-refractivity contribution in [3.63, 3.8) is 0 Å². The summed E-state index contributed by atoms with van der Waals surface area (Å²) in [7, 11) is 0. The molecule has 0 saturated heterocycles. The maximum absolute atomic E-state index is 6.12. The quantitative estimate of drug-likeness (QED) is 0.827. The lowest BCUT2D eigenvalue weighted by Crippen LogP contribution is -2.33. The summed E-state index contributed by atoms with van der Waals surface area (Å²) < 4.78 is 0. The molecule has 3 heteroatoms. The second-order valence-electron chi connectivity index (χ2n) is 5.39. The number of aromatic nitrogens is 1. The van der Waals surface area contributed by atoms with Crippen LogP contribution in [0.4, 0.5) is 0 Å². The number of nitrogens with one attached hydrogen (secondary N) is 1. The molecule has 1 saturated carbocycles. The van der Waals surface area contributed by atoms with Gasteiger partial charge in [0.1, 0.15) is 0 Å². The minimum Gasteiger partial charge on any atom is -0.310 e. The fourth-order valence-electron chi connectivity index (χ4n) is 2.80. The molecule has 0 unspecified atom stereocenters. The zero-order chi connectivity index (χ0) is 12.8. The van der Waals surface area contributed by atoms with E-state index >= 15 is 0 Å². The van der Waals surface area contributed by atoms with Gasteiger partial charge in [0.15, 0.2) is 0 Å². The van der Waals surface area contributed by atoms with E-state index in [-0.39, 0.29) is 0 Å². The summed E-state index contributed by atoms with van der Waals surface area (Å²) in [6.45, 7) is 3.16. The van der Waals surface area contributed by atoms with Crippen LogP contribution in [0.1, 0.15) is 51.0 Å². The molecule has 0 bridgehead atoms. The number of nitrogens with zero attached hydrogens (tertiary/aromatic N) is 1. The fraction of sp³-hybridized carbons (Fsp3) is 0.667. The van der Waals surface area contributed by atoms with Gasteiger partial charge in [0.2, 0.25) is 0 Å². The molecule has 1 aromatic rings. The molecule has 0 spiro atoms. The largest absolute Gasteiger partial charge is 0.310 e. The van der Waals surface area contributed by atoms with E-state index in [4.69, 9.17) is 11.6 Å². The molecule has 1 atom stereocenters. The van der Waals surface area contributed by atoms with E-state index in [1.54, 1.807) is 12.4 Å². The molecule has 0 amide bonds. The van der Waals surface area contributed by atoms with Crippen LogP contribution in [0.5, 0.6) is 0 Å². The van der Waals surface area contributed by atoms with Crippen LogP contribution in [-0.4, -0.2) is 11.0 Å². The number of rotatable bonds is 4. The Morgan fingerprint density at radius 3 is 2.72 bits per heavy atom. The van der Waals surface area contributed by atoms with Gasteiger partial charge in [-0.2, -0.15) is 0 Å². The molecule has 18 heavy (non-hydrogen) atoms. The first-order valence-electron chi connectivity index (χ1n) is 7.09. The highest BCUT2D eigenvalue weighted by molar-refractivity contribution is 6.31. The monoisotopic (exact) mass is 266 g/mol. The van der Waals surface area contributed by atoms with E-state index in [0.717, 1.165) is 23.0 Å². The lowest BCUT2D eigenvalue weighted by Gasteiger charge is -2.23. The predicted molar refractivity (Wildman–Crippen MR) is 76.7 cm³/mol. The Balaban J connectivity index is 1.83. The third-order valence-corrected chi connectivity index (χ3v) is 4.42. The number of hydrogen-bond donors (Lipinski definition) is 1. The smallest absolute Gasteiger partial charge is 0.0634 e. The van der Waals surface area contributed by atoms with Crippen molar-refractivity contribution in [1.82, 2.24) is 10.3 Å². The van der Waals surface area contributed by atoms with E-state index in [0.29, 0.717) is 6.04 Å². The standard InChI is InChI=1S/C15H23ClN2/c1-12(13-6-4-2-3-5-7-13)18-10-14-8-9-17-11-15(14)16/h8-9,11-13,18H,2-7,10H2,1H3/t12-/m1/s1. The summed E-state index contributed by atoms with van der Waals surface area (Å²) in [5, 5.41) is 4.39. The third-order valence-electron chi connectivity index (χ3n) is 4.08. The van der Waals surface area contributed by atoms with E-state index in [2.05, 4.69) is 17.2 Å². The Bertz CT molecular complexity index is 359. The molecule has 1 aliphatic rings. The predicted octanol–water partition coefficient (Wildman–Crippen LogP) is 4.18. The summed E-state index contributed by atoms with van der Waals surface area (Å²) in [5.41, 5.74) is 1.15. The first-order chi connectivity index (χ1) is 8.77. The SMILES string of the molecule is C[C@@H](NCc1ccncc1Cl)C1CCCCCC1. The zero-order valence-electron chi connectivity index (χ0n) is 11.2. The molecule has 0 radical (unpaired) electrons. The zero-order valence-corrected chi connectivity index (χ0v) is 11.9. The molecule has 1 N–H and O–H groups in total. The Morgan fingerprint density at radius 1 is 1.33 bits per heavy atom. The molecule has 1 aliphatic carbocycles. The number of halogens is 1. The van der Waals surface area contributed by atoms with Crippen molar-refractivity contribution in [2.24, 2.45) is 5.92 Å². The first kappa shape index (κ1) is 13.8. The van der Waals surface area contributed by atoms with Crippen molar-refractivity contribution in [2.75, 3.05) is 0 Å². The molecule has 100 valence electrons. The Labute approximate surface area is 115 Å². The summed E-state index contributed by atoms with van der Waals surface area (Å²) in [6.07, 6.45) is 11.9. The molecule has 2 rings (SSSR count). The molecule has 0 aromatic carbocycles. The molecule has 1 fully saturated rings.